The number of aromatic nitrogens is 1. The van der Waals surface area contributed by atoms with Crippen molar-refractivity contribution in [2.24, 2.45) is 0 Å². The van der Waals surface area contributed by atoms with E-state index >= 15 is 0 Å². The van der Waals surface area contributed by atoms with Crippen LogP contribution in [0.5, 0.6) is 0 Å². The number of benzene rings is 1. The molecule has 26 heavy (non-hydrogen) atoms. The average Bonchev–Trinajstić information content (AvgIpc) is 3.05. The first kappa shape index (κ1) is 15.9. The molecule has 0 saturated carbocycles. The third-order valence-corrected chi connectivity index (χ3v) is 4.26. The van der Waals surface area contributed by atoms with Crippen LogP contribution in [0.1, 0.15) is 15.9 Å². The predicted octanol–water partition coefficient (Wildman–Crippen LogP) is 3.59. The third kappa shape index (κ3) is 2.61. The number of anilines is 1. The Morgan fingerprint density at radius 2 is 2.04 bits per heavy atom. The standard InChI is InChI=1S/C18H12FN3O4/c19-13-9-15-16(20-10-13)17-11(6-8-26-17)5-7-21(15)18(23)12-1-3-14(4-2-12)22(24)25/h1-4,6,8-10H,5,7H2. The average molecular weight is 353 g/mol. The van der Waals surface area contributed by atoms with Gasteiger partial charge in [0.2, 0.25) is 0 Å². The van der Waals surface area contributed by atoms with Gasteiger partial charge in [-0.05, 0) is 24.6 Å². The van der Waals surface area contributed by atoms with Crippen LogP contribution in [-0.2, 0) is 6.42 Å². The maximum Gasteiger partial charge on any atom is 0.269 e. The fraction of sp³-hybridized carbons (Fsp3) is 0.111. The highest BCUT2D eigenvalue weighted by Crippen LogP contribution is 2.36. The molecule has 130 valence electrons. The second kappa shape index (κ2) is 6.07. The van der Waals surface area contributed by atoms with Crippen LogP contribution in [0.2, 0.25) is 0 Å². The van der Waals surface area contributed by atoms with Gasteiger partial charge in [0.15, 0.2) is 5.76 Å². The number of halogens is 1. The SMILES string of the molecule is O=C(c1ccc([N+](=O)[O-])cc1)N1CCc2ccoc2-c2ncc(F)cc21. The van der Waals surface area contributed by atoms with Crippen molar-refractivity contribution in [1.29, 1.82) is 0 Å². The number of hydrogen-bond acceptors (Lipinski definition) is 5. The number of carbonyl (C=O) groups excluding carboxylic acids is 1. The molecule has 2 aromatic heterocycles. The number of fused-ring (bicyclic) bond motifs is 3. The minimum absolute atomic E-state index is 0.107. The Balaban J connectivity index is 1.77. The van der Waals surface area contributed by atoms with Crippen LogP contribution in [-0.4, -0.2) is 22.4 Å². The second-order valence-electron chi connectivity index (χ2n) is 5.81. The summed E-state index contributed by atoms with van der Waals surface area (Å²) in [6.45, 7) is 0.306. The fourth-order valence-electron chi connectivity index (χ4n) is 2.99. The van der Waals surface area contributed by atoms with Crippen molar-refractivity contribution >= 4 is 17.3 Å². The Morgan fingerprint density at radius 1 is 1.27 bits per heavy atom. The van der Waals surface area contributed by atoms with Crippen molar-refractivity contribution in [2.75, 3.05) is 11.4 Å². The molecule has 0 unspecified atom stereocenters. The summed E-state index contributed by atoms with van der Waals surface area (Å²) >= 11 is 0. The highest BCUT2D eigenvalue weighted by Gasteiger charge is 2.28. The predicted molar refractivity (Wildman–Crippen MR) is 90.4 cm³/mol. The maximum atomic E-state index is 13.8. The summed E-state index contributed by atoms with van der Waals surface area (Å²) in [7, 11) is 0. The molecular formula is C18H12FN3O4. The van der Waals surface area contributed by atoms with Gasteiger partial charge in [-0.2, -0.15) is 0 Å². The van der Waals surface area contributed by atoms with Crippen LogP contribution in [0.3, 0.4) is 0 Å². The third-order valence-electron chi connectivity index (χ3n) is 4.26. The van der Waals surface area contributed by atoms with Crippen LogP contribution >= 0.6 is 0 Å². The Bertz CT molecular complexity index is 1010. The summed E-state index contributed by atoms with van der Waals surface area (Å²) in [5.74, 6) is -0.446. The van der Waals surface area contributed by atoms with Gasteiger partial charge in [-0.3, -0.25) is 14.9 Å². The molecule has 0 fully saturated rings. The van der Waals surface area contributed by atoms with Gasteiger partial charge >= 0.3 is 0 Å². The number of non-ortho nitro benzene ring substituents is 1. The first-order chi connectivity index (χ1) is 12.5. The van der Waals surface area contributed by atoms with Gasteiger partial charge in [0.1, 0.15) is 11.5 Å². The molecule has 1 aromatic carbocycles. The van der Waals surface area contributed by atoms with Crippen LogP contribution in [0.15, 0.2) is 53.3 Å². The maximum absolute atomic E-state index is 13.8. The monoisotopic (exact) mass is 353 g/mol. The van der Waals surface area contributed by atoms with Crippen molar-refractivity contribution in [3.05, 3.63) is 75.9 Å². The van der Waals surface area contributed by atoms with Crippen molar-refractivity contribution in [2.45, 2.75) is 6.42 Å². The van der Waals surface area contributed by atoms with E-state index in [0.29, 0.717) is 30.1 Å². The van der Waals surface area contributed by atoms with E-state index < -0.39 is 16.6 Å². The van der Waals surface area contributed by atoms with Crippen LogP contribution in [0, 0.1) is 15.9 Å². The minimum Gasteiger partial charge on any atom is -0.462 e. The van der Waals surface area contributed by atoms with Crippen LogP contribution < -0.4 is 4.90 Å². The van der Waals surface area contributed by atoms with Crippen molar-refractivity contribution in [1.82, 2.24) is 4.98 Å². The van der Waals surface area contributed by atoms with Gasteiger partial charge in [0.25, 0.3) is 11.6 Å². The van der Waals surface area contributed by atoms with Gasteiger partial charge in [0.05, 0.1) is 23.1 Å². The molecular weight excluding hydrogens is 341 g/mol. The molecule has 1 aliphatic heterocycles. The molecule has 7 nitrogen and oxygen atoms in total. The molecule has 4 rings (SSSR count). The normalized spacial score (nSPS) is 12.9. The van der Waals surface area contributed by atoms with E-state index in [-0.39, 0.29) is 11.3 Å². The molecule has 0 aliphatic carbocycles. The van der Waals surface area contributed by atoms with E-state index in [1.807, 2.05) is 0 Å². The Kier molecular flexibility index (Phi) is 3.72. The number of pyridine rings is 1. The highest BCUT2D eigenvalue weighted by atomic mass is 19.1. The zero-order valence-corrected chi connectivity index (χ0v) is 13.4. The topological polar surface area (TPSA) is 89.5 Å². The molecule has 3 aromatic rings. The molecule has 8 heteroatoms. The highest BCUT2D eigenvalue weighted by molar-refractivity contribution is 6.08. The zero-order valence-electron chi connectivity index (χ0n) is 13.4. The smallest absolute Gasteiger partial charge is 0.269 e. The zero-order chi connectivity index (χ0) is 18.3. The molecule has 0 radical (unpaired) electrons. The lowest BCUT2D eigenvalue weighted by Gasteiger charge is -2.22. The van der Waals surface area contributed by atoms with E-state index in [4.69, 9.17) is 4.42 Å². The Morgan fingerprint density at radius 3 is 2.77 bits per heavy atom. The summed E-state index contributed by atoms with van der Waals surface area (Å²) in [6, 6.07) is 8.33. The number of furan rings is 1. The molecule has 0 saturated heterocycles. The number of nitro groups is 1. The Hall–Kier alpha value is -3.55. The lowest BCUT2D eigenvalue weighted by atomic mass is 10.1. The molecule has 1 amide bonds. The molecule has 3 heterocycles. The number of carbonyl (C=O) groups is 1. The number of hydrogen-bond donors (Lipinski definition) is 0. The van der Waals surface area contributed by atoms with Gasteiger partial charge in [-0.15, -0.1) is 0 Å². The lowest BCUT2D eigenvalue weighted by Crippen LogP contribution is -2.32. The van der Waals surface area contributed by atoms with Gasteiger partial charge < -0.3 is 9.32 Å². The number of nitrogens with zero attached hydrogens (tertiary/aromatic N) is 3. The summed E-state index contributed by atoms with van der Waals surface area (Å²) in [6.07, 6.45) is 3.13. The number of nitro benzene ring substituents is 1. The van der Waals surface area contributed by atoms with E-state index in [0.717, 1.165) is 11.8 Å². The minimum atomic E-state index is -0.569. The molecule has 0 atom stereocenters. The Labute approximate surface area is 146 Å². The summed E-state index contributed by atoms with van der Waals surface area (Å²) < 4.78 is 19.3. The van der Waals surface area contributed by atoms with E-state index in [2.05, 4.69) is 4.98 Å². The second-order valence-corrected chi connectivity index (χ2v) is 5.81. The van der Waals surface area contributed by atoms with Crippen LogP contribution in [0.4, 0.5) is 15.8 Å². The first-order valence-corrected chi connectivity index (χ1v) is 7.83. The first-order valence-electron chi connectivity index (χ1n) is 7.83. The summed E-state index contributed by atoms with van der Waals surface area (Å²) in [4.78, 5) is 28.7. The fourth-order valence-corrected chi connectivity index (χ4v) is 2.99. The number of rotatable bonds is 2. The molecule has 0 N–H and O–H groups in total. The number of amides is 1. The lowest BCUT2D eigenvalue weighted by molar-refractivity contribution is -0.384. The van der Waals surface area contributed by atoms with Gasteiger partial charge in [-0.1, -0.05) is 0 Å². The van der Waals surface area contributed by atoms with E-state index in [1.54, 1.807) is 6.07 Å². The molecule has 0 spiro atoms. The summed E-state index contributed by atoms with van der Waals surface area (Å²) in [5.41, 5.74) is 1.74. The summed E-state index contributed by atoms with van der Waals surface area (Å²) in [5, 5.41) is 10.8. The molecule has 1 aliphatic rings. The quantitative estimate of drug-likeness (QED) is 0.519. The molecule has 0 bridgehead atoms. The largest absolute Gasteiger partial charge is 0.462 e. The van der Waals surface area contributed by atoms with E-state index in [1.165, 1.54) is 41.5 Å². The van der Waals surface area contributed by atoms with Crippen molar-refractivity contribution in [3.8, 4) is 11.5 Å². The van der Waals surface area contributed by atoms with Crippen LogP contribution in [0.25, 0.3) is 11.5 Å². The van der Waals surface area contributed by atoms with Gasteiger partial charge in [0, 0.05) is 35.9 Å². The van der Waals surface area contributed by atoms with Gasteiger partial charge in [-0.25, -0.2) is 9.37 Å². The van der Waals surface area contributed by atoms with E-state index in [9.17, 15) is 19.3 Å². The van der Waals surface area contributed by atoms with Crippen molar-refractivity contribution in [3.63, 3.8) is 0 Å². The van der Waals surface area contributed by atoms with Crippen molar-refractivity contribution < 1.29 is 18.5 Å².